The van der Waals surface area contributed by atoms with Gasteiger partial charge in [0.15, 0.2) is 0 Å². The molecule has 0 N–H and O–H groups in total. The molecular weight excluding hydrogens is 291 g/mol. The molecule has 3 nitrogen and oxygen atoms in total. The van der Waals surface area contributed by atoms with E-state index in [1.54, 1.807) is 12.3 Å². The van der Waals surface area contributed by atoms with Crippen molar-refractivity contribution in [3.63, 3.8) is 0 Å². The summed E-state index contributed by atoms with van der Waals surface area (Å²) in [5, 5.41) is 0. The molecule has 0 spiro atoms. The van der Waals surface area contributed by atoms with Gasteiger partial charge in [0.1, 0.15) is 5.82 Å². The van der Waals surface area contributed by atoms with E-state index in [4.69, 9.17) is 0 Å². The van der Waals surface area contributed by atoms with E-state index in [9.17, 15) is 9.18 Å². The number of pyridine rings is 1. The van der Waals surface area contributed by atoms with Gasteiger partial charge < -0.3 is 4.90 Å². The van der Waals surface area contributed by atoms with Crippen molar-refractivity contribution < 1.29 is 9.18 Å². The molecule has 0 bridgehead atoms. The number of halogens is 1. The lowest BCUT2D eigenvalue weighted by molar-refractivity contribution is -0.132. The first-order valence-corrected chi connectivity index (χ1v) is 8.21. The van der Waals surface area contributed by atoms with Gasteiger partial charge in [0.25, 0.3) is 0 Å². The molecule has 1 aliphatic heterocycles. The van der Waals surface area contributed by atoms with Gasteiger partial charge in [-0.15, -0.1) is 0 Å². The summed E-state index contributed by atoms with van der Waals surface area (Å²) in [5.74, 6) is -0.0283. The van der Waals surface area contributed by atoms with Gasteiger partial charge in [0.05, 0.1) is 5.69 Å². The van der Waals surface area contributed by atoms with Crippen LogP contribution in [0.3, 0.4) is 0 Å². The second-order valence-electron chi connectivity index (χ2n) is 6.00. The fourth-order valence-electron chi connectivity index (χ4n) is 2.94. The molecule has 2 heterocycles. The van der Waals surface area contributed by atoms with Crippen molar-refractivity contribution in [1.29, 1.82) is 0 Å². The zero-order valence-corrected chi connectivity index (χ0v) is 13.2. The number of hydrogen-bond acceptors (Lipinski definition) is 2. The number of amides is 1. The molecule has 1 saturated heterocycles. The van der Waals surface area contributed by atoms with E-state index < -0.39 is 0 Å². The summed E-state index contributed by atoms with van der Waals surface area (Å²) in [4.78, 5) is 18.5. The highest BCUT2D eigenvalue weighted by atomic mass is 19.1. The van der Waals surface area contributed by atoms with Crippen molar-refractivity contribution in [3.8, 4) is 11.3 Å². The zero-order chi connectivity index (χ0) is 16.1. The third kappa shape index (κ3) is 4.15. The van der Waals surface area contributed by atoms with Crippen molar-refractivity contribution in [2.75, 3.05) is 13.1 Å². The van der Waals surface area contributed by atoms with Crippen molar-refractivity contribution in [1.82, 2.24) is 9.88 Å². The minimum Gasteiger partial charge on any atom is -0.343 e. The van der Waals surface area contributed by atoms with Crippen molar-refractivity contribution >= 4 is 5.91 Å². The van der Waals surface area contributed by atoms with Crippen LogP contribution in [0.2, 0.25) is 0 Å². The third-order valence-electron chi connectivity index (χ3n) is 4.28. The molecule has 1 fully saturated rings. The molecule has 1 aromatic heterocycles. The Bertz CT molecular complexity index is 663. The van der Waals surface area contributed by atoms with Crippen LogP contribution < -0.4 is 0 Å². The van der Waals surface area contributed by atoms with Crippen LogP contribution in [0.5, 0.6) is 0 Å². The standard InChI is InChI=1S/C19H21FN2O/c20-17-6-4-5-16(13-17)18-9-7-15(14-21-18)8-10-19(23)22-11-2-1-3-12-22/h4-7,9,13-14H,1-3,8,10-12H2. The number of benzene rings is 1. The molecule has 23 heavy (non-hydrogen) atoms. The Hall–Kier alpha value is -2.23. The lowest BCUT2D eigenvalue weighted by Gasteiger charge is -2.26. The first kappa shape index (κ1) is 15.7. The zero-order valence-electron chi connectivity index (χ0n) is 13.2. The predicted octanol–water partition coefficient (Wildman–Crippen LogP) is 3.83. The molecule has 1 aliphatic rings. The second kappa shape index (κ2) is 7.36. The van der Waals surface area contributed by atoms with Gasteiger partial charge in [-0.2, -0.15) is 0 Å². The van der Waals surface area contributed by atoms with Gasteiger partial charge in [0, 0.05) is 31.3 Å². The van der Waals surface area contributed by atoms with Gasteiger partial charge in [0.2, 0.25) is 5.91 Å². The Kier molecular flexibility index (Phi) is 5.01. The van der Waals surface area contributed by atoms with E-state index in [-0.39, 0.29) is 11.7 Å². The van der Waals surface area contributed by atoms with Crippen LogP contribution in [-0.2, 0) is 11.2 Å². The summed E-state index contributed by atoms with van der Waals surface area (Å²) >= 11 is 0. The first-order chi connectivity index (χ1) is 11.2. The molecule has 120 valence electrons. The molecule has 2 aromatic rings. The number of carbonyl (C=O) groups excluding carboxylic acids is 1. The Morgan fingerprint density at radius 1 is 1.13 bits per heavy atom. The van der Waals surface area contributed by atoms with Gasteiger partial charge in [-0.05, 0) is 49.4 Å². The second-order valence-corrected chi connectivity index (χ2v) is 6.00. The number of aromatic nitrogens is 1. The van der Waals surface area contributed by atoms with E-state index in [0.717, 1.165) is 42.8 Å². The fraction of sp³-hybridized carbons (Fsp3) is 0.368. The van der Waals surface area contributed by atoms with Crippen molar-refractivity contribution in [2.24, 2.45) is 0 Å². The SMILES string of the molecule is O=C(CCc1ccc(-c2cccc(F)c2)nc1)N1CCCCC1. The number of nitrogens with zero attached hydrogens (tertiary/aromatic N) is 2. The van der Waals surface area contributed by atoms with Crippen LogP contribution in [0.1, 0.15) is 31.2 Å². The van der Waals surface area contributed by atoms with E-state index in [2.05, 4.69) is 4.98 Å². The number of likely N-dealkylation sites (tertiary alicyclic amines) is 1. The quantitative estimate of drug-likeness (QED) is 0.859. The average Bonchev–Trinajstić information content (AvgIpc) is 2.61. The van der Waals surface area contributed by atoms with Crippen LogP contribution in [0, 0.1) is 5.82 Å². The van der Waals surface area contributed by atoms with Crippen molar-refractivity contribution in [2.45, 2.75) is 32.1 Å². The van der Waals surface area contributed by atoms with Crippen LogP contribution in [0.15, 0.2) is 42.6 Å². The Morgan fingerprint density at radius 3 is 2.65 bits per heavy atom. The largest absolute Gasteiger partial charge is 0.343 e. The summed E-state index contributed by atoms with van der Waals surface area (Å²) < 4.78 is 13.2. The Labute approximate surface area is 136 Å². The molecule has 1 amide bonds. The van der Waals surface area contributed by atoms with E-state index >= 15 is 0 Å². The molecule has 4 heteroatoms. The molecular formula is C19H21FN2O. The lowest BCUT2D eigenvalue weighted by atomic mass is 10.1. The highest BCUT2D eigenvalue weighted by Crippen LogP contribution is 2.18. The van der Waals surface area contributed by atoms with E-state index in [0.29, 0.717) is 12.8 Å². The number of piperidine rings is 1. The van der Waals surface area contributed by atoms with Gasteiger partial charge in [-0.3, -0.25) is 9.78 Å². The minimum atomic E-state index is -0.263. The smallest absolute Gasteiger partial charge is 0.222 e. The number of rotatable bonds is 4. The van der Waals surface area contributed by atoms with E-state index in [1.165, 1.54) is 18.6 Å². The summed E-state index contributed by atoms with van der Waals surface area (Å²) in [6.07, 6.45) is 6.48. The van der Waals surface area contributed by atoms with Gasteiger partial charge in [-0.25, -0.2) is 4.39 Å². The molecule has 3 rings (SSSR count). The summed E-state index contributed by atoms with van der Waals surface area (Å²) in [6, 6.07) is 10.3. The summed E-state index contributed by atoms with van der Waals surface area (Å²) in [6.45, 7) is 1.80. The normalized spacial score (nSPS) is 14.7. The van der Waals surface area contributed by atoms with Crippen LogP contribution in [0.4, 0.5) is 4.39 Å². The minimum absolute atomic E-state index is 0.235. The third-order valence-corrected chi connectivity index (χ3v) is 4.28. The summed E-state index contributed by atoms with van der Waals surface area (Å²) in [7, 11) is 0. The average molecular weight is 312 g/mol. The lowest BCUT2D eigenvalue weighted by Crippen LogP contribution is -2.35. The van der Waals surface area contributed by atoms with Crippen LogP contribution in [-0.4, -0.2) is 28.9 Å². The Balaban J connectivity index is 1.58. The maximum Gasteiger partial charge on any atom is 0.222 e. The van der Waals surface area contributed by atoms with Crippen LogP contribution in [0.25, 0.3) is 11.3 Å². The number of hydrogen-bond donors (Lipinski definition) is 0. The molecule has 0 saturated carbocycles. The topological polar surface area (TPSA) is 33.2 Å². The predicted molar refractivity (Wildman–Crippen MR) is 88.4 cm³/mol. The van der Waals surface area contributed by atoms with Gasteiger partial charge >= 0.3 is 0 Å². The molecule has 1 aromatic carbocycles. The number of aryl methyl sites for hydroxylation is 1. The Morgan fingerprint density at radius 2 is 1.96 bits per heavy atom. The van der Waals surface area contributed by atoms with Crippen LogP contribution >= 0.6 is 0 Å². The fourth-order valence-corrected chi connectivity index (χ4v) is 2.94. The molecule has 0 unspecified atom stereocenters. The molecule has 0 atom stereocenters. The maximum atomic E-state index is 13.2. The van der Waals surface area contributed by atoms with Crippen molar-refractivity contribution in [3.05, 3.63) is 54.0 Å². The monoisotopic (exact) mass is 312 g/mol. The van der Waals surface area contributed by atoms with Gasteiger partial charge in [-0.1, -0.05) is 18.2 Å². The number of carbonyl (C=O) groups is 1. The first-order valence-electron chi connectivity index (χ1n) is 8.21. The highest BCUT2D eigenvalue weighted by molar-refractivity contribution is 5.76. The highest BCUT2D eigenvalue weighted by Gasteiger charge is 2.16. The summed E-state index contributed by atoms with van der Waals surface area (Å²) in [5.41, 5.74) is 2.55. The molecule has 0 radical (unpaired) electrons. The maximum absolute atomic E-state index is 13.2. The molecule has 0 aliphatic carbocycles. The van der Waals surface area contributed by atoms with E-state index in [1.807, 2.05) is 23.1 Å².